The Bertz CT molecular complexity index is 356. The Labute approximate surface area is 107 Å². The Balaban J connectivity index is 2.14. The zero-order valence-corrected chi connectivity index (χ0v) is 11.4. The summed E-state index contributed by atoms with van der Waals surface area (Å²) in [6.45, 7) is 7.70. The van der Waals surface area contributed by atoms with Crippen LogP contribution in [0.2, 0.25) is 0 Å². The first-order valence-electron chi connectivity index (χ1n) is 6.27. The molecular formula is C12H21N3OS. The summed E-state index contributed by atoms with van der Waals surface area (Å²) in [5.74, 6) is 0. The number of nitrogens with two attached hydrogens (primary N) is 1. The average molecular weight is 255 g/mol. The summed E-state index contributed by atoms with van der Waals surface area (Å²) < 4.78 is 5.35. The Morgan fingerprint density at radius 1 is 1.41 bits per heavy atom. The molecule has 96 valence electrons. The smallest absolute Gasteiger partial charge is 0.185 e. The number of morpholine rings is 1. The molecule has 2 N–H and O–H groups in total. The highest BCUT2D eigenvalue weighted by atomic mass is 32.1. The summed E-state index contributed by atoms with van der Waals surface area (Å²) in [7, 11) is 0. The van der Waals surface area contributed by atoms with Gasteiger partial charge in [0.1, 0.15) is 0 Å². The molecule has 17 heavy (non-hydrogen) atoms. The summed E-state index contributed by atoms with van der Waals surface area (Å²) in [6.07, 6.45) is 1.85. The van der Waals surface area contributed by atoms with Gasteiger partial charge in [-0.1, -0.05) is 13.8 Å². The number of nitrogens with zero attached hydrogens (tertiary/aromatic N) is 2. The van der Waals surface area contributed by atoms with Crippen molar-refractivity contribution in [1.29, 1.82) is 0 Å². The molecule has 4 nitrogen and oxygen atoms in total. The lowest BCUT2D eigenvalue weighted by Gasteiger charge is -2.27. The SMILES string of the molecule is CCC(N)(CC)c1csc(N2CCOCC2)n1. The van der Waals surface area contributed by atoms with Crippen LogP contribution in [0, 0.1) is 0 Å². The third-order valence-corrected chi connectivity index (χ3v) is 4.45. The molecular weight excluding hydrogens is 234 g/mol. The monoisotopic (exact) mass is 255 g/mol. The number of ether oxygens (including phenoxy) is 1. The van der Waals surface area contributed by atoms with E-state index < -0.39 is 0 Å². The lowest BCUT2D eigenvalue weighted by atomic mass is 9.91. The van der Waals surface area contributed by atoms with E-state index in [1.54, 1.807) is 11.3 Å². The predicted molar refractivity (Wildman–Crippen MR) is 71.6 cm³/mol. The van der Waals surface area contributed by atoms with Gasteiger partial charge >= 0.3 is 0 Å². The zero-order chi connectivity index (χ0) is 12.3. The standard InChI is InChI=1S/C12H21N3OS/c1-3-12(13,4-2)10-9-17-11(14-10)15-5-7-16-8-6-15/h9H,3-8,13H2,1-2H3. The normalized spacial score (nSPS) is 17.5. The van der Waals surface area contributed by atoms with E-state index in [1.807, 2.05) is 0 Å². The minimum Gasteiger partial charge on any atom is -0.378 e. The van der Waals surface area contributed by atoms with Gasteiger partial charge in [-0.15, -0.1) is 11.3 Å². The van der Waals surface area contributed by atoms with E-state index in [1.165, 1.54) is 0 Å². The fourth-order valence-electron chi connectivity index (χ4n) is 2.01. The molecule has 1 aromatic heterocycles. The van der Waals surface area contributed by atoms with Gasteiger partial charge in [0.25, 0.3) is 0 Å². The maximum atomic E-state index is 6.36. The van der Waals surface area contributed by atoms with E-state index in [4.69, 9.17) is 15.5 Å². The summed E-state index contributed by atoms with van der Waals surface area (Å²) in [5.41, 5.74) is 7.13. The molecule has 0 unspecified atom stereocenters. The third-order valence-electron chi connectivity index (χ3n) is 3.55. The molecule has 0 radical (unpaired) electrons. The van der Waals surface area contributed by atoms with Crippen LogP contribution < -0.4 is 10.6 Å². The summed E-state index contributed by atoms with van der Waals surface area (Å²) >= 11 is 1.69. The number of rotatable bonds is 4. The number of hydrogen-bond acceptors (Lipinski definition) is 5. The van der Waals surface area contributed by atoms with Crippen molar-refractivity contribution in [1.82, 2.24) is 4.98 Å². The first kappa shape index (κ1) is 12.8. The molecule has 1 aromatic rings. The van der Waals surface area contributed by atoms with E-state index in [9.17, 15) is 0 Å². The molecule has 0 aromatic carbocycles. The maximum absolute atomic E-state index is 6.36. The molecule has 1 saturated heterocycles. The minimum absolute atomic E-state index is 0.263. The van der Waals surface area contributed by atoms with Gasteiger partial charge in [-0.25, -0.2) is 4.98 Å². The highest BCUT2D eigenvalue weighted by Gasteiger charge is 2.27. The molecule has 2 heterocycles. The van der Waals surface area contributed by atoms with Crippen LogP contribution in [0.25, 0.3) is 0 Å². The van der Waals surface area contributed by atoms with Crippen LogP contribution in [0.15, 0.2) is 5.38 Å². The van der Waals surface area contributed by atoms with Crippen molar-refractivity contribution in [2.75, 3.05) is 31.2 Å². The summed E-state index contributed by atoms with van der Waals surface area (Å²) in [5, 5.41) is 3.19. The second-order valence-electron chi connectivity index (χ2n) is 4.48. The highest BCUT2D eigenvalue weighted by Crippen LogP contribution is 2.30. The predicted octanol–water partition coefficient (Wildman–Crippen LogP) is 1.95. The molecule has 0 saturated carbocycles. The molecule has 0 amide bonds. The van der Waals surface area contributed by atoms with Crippen LogP contribution >= 0.6 is 11.3 Å². The summed E-state index contributed by atoms with van der Waals surface area (Å²) in [6, 6.07) is 0. The second kappa shape index (κ2) is 5.33. The van der Waals surface area contributed by atoms with Crippen LogP contribution in [0.5, 0.6) is 0 Å². The average Bonchev–Trinajstić information content (AvgIpc) is 2.89. The number of thiazole rings is 1. The van der Waals surface area contributed by atoms with Gasteiger partial charge in [0, 0.05) is 18.5 Å². The second-order valence-corrected chi connectivity index (χ2v) is 5.31. The number of hydrogen-bond donors (Lipinski definition) is 1. The van der Waals surface area contributed by atoms with E-state index in [0.717, 1.165) is 50.0 Å². The van der Waals surface area contributed by atoms with E-state index >= 15 is 0 Å². The largest absolute Gasteiger partial charge is 0.378 e. The van der Waals surface area contributed by atoms with Crippen molar-refractivity contribution in [2.45, 2.75) is 32.2 Å². The molecule has 5 heteroatoms. The van der Waals surface area contributed by atoms with Crippen molar-refractivity contribution in [3.8, 4) is 0 Å². The maximum Gasteiger partial charge on any atom is 0.185 e. The van der Waals surface area contributed by atoms with Crippen LogP contribution in [0.1, 0.15) is 32.4 Å². The molecule has 0 bridgehead atoms. The Morgan fingerprint density at radius 2 is 2.06 bits per heavy atom. The Morgan fingerprint density at radius 3 is 2.65 bits per heavy atom. The lowest BCUT2D eigenvalue weighted by molar-refractivity contribution is 0.122. The minimum atomic E-state index is -0.263. The van der Waals surface area contributed by atoms with Crippen molar-refractivity contribution >= 4 is 16.5 Å². The Kier molecular flexibility index (Phi) is 4.01. The molecule has 0 atom stereocenters. The highest BCUT2D eigenvalue weighted by molar-refractivity contribution is 7.13. The van der Waals surface area contributed by atoms with E-state index in [-0.39, 0.29) is 5.54 Å². The van der Waals surface area contributed by atoms with Gasteiger partial charge in [-0.2, -0.15) is 0 Å². The number of aromatic nitrogens is 1. The van der Waals surface area contributed by atoms with Gasteiger partial charge in [0.2, 0.25) is 0 Å². The molecule has 1 fully saturated rings. The van der Waals surface area contributed by atoms with Gasteiger partial charge in [-0.3, -0.25) is 0 Å². The Hall–Kier alpha value is -0.650. The van der Waals surface area contributed by atoms with Crippen LogP contribution in [0.3, 0.4) is 0 Å². The van der Waals surface area contributed by atoms with E-state index in [0.29, 0.717) is 0 Å². The lowest BCUT2D eigenvalue weighted by Crippen LogP contribution is -2.37. The van der Waals surface area contributed by atoms with Crippen LogP contribution in [-0.2, 0) is 10.3 Å². The first-order valence-corrected chi connectivity index (χ1v) is 7.15. The fourth-order valence-corrected chi connectivity index (χ4v) is 2.99. The van der Waals surface area contributed by atoms with Gasteiger partial charge in [-0.05, 0) is 12.8 Å². The topological polar surface area (TPSA) is 51.4 Å². The van der Waals surface area contributed by atoms with Crippen molar-refractivity contribution < 1.29 is 4.74 Å². The van der Waals surface area contributed by atoms with Crippen LogP contribution in [0.4, 0.5) is 5.13 Å². The van der Waals surface area contributed by atoms with E-state index in [2.05, 4.69) is 24.1 Å². The molecule has 2 rings (SSSR count). The van der Waals surface area contributed by atoms with Crippen molar-refractivity contribution in [3.05, 3.63) is 11.1 Å². The molecule has 0 spiro atoms. The quantitative estimate of drug-likeness (QED) is 0.893. The molecule has 1 aliphatic heterocycles. The first-order chi connectivity index (χ1) is 8.19. The van der Waals surface area contributed by atoms with Gasteiger partial charge in [0.05, 0.1) is 24.4 Å². The zero-order valence-electron chi connectivity index (χ0n) is 10.6. The summed E-state index contributed by atoms with van der Waals surface area (Å²) in [4.78, 5) is 6.99. The third kappa shape index (κ3) is 2.61. The molecule has 0 aliphatic carbocycles. The number of anilines is 1. The van der Waals surface area contributed by atoms with Crippen molar-refractivity contribution in [2.24, 2.45) is 5.73 Å². The molecule has 1 aliphatic rings. The van der Waals surface area contributed by atoms with Gasteiger partial charge < -0.3 is 15.4 Å². The van der Waals surface area contributed by atoms with Gasteiger partial charge in [0.15, 0.2) is 5.13 Å². The fraction of sp³-hybridized carbons (Fsp3) is 0.750. The van der Waals surface area contributed by atoms with Crippen molar-refractivity contribution in [3.63, 3.8) is 0 Å². The van der Waals surface area contributed by atoms with Crippen LogP contribution in [-0.4, -0.2) is 31.3 Å².